The monoisotopic (exact) mass is 311 g/mol. The number of aryl methyl sites for hydroxylation is 2. The van der Waals surface area contributed by atoms with Gasteiger partial charge < -0.3 is 10.1 Å². The fraction of sp³-hybridized carbons (Fsp3) is 0.350. The summed E-state index contributed by atoms with van der Waals surface area (Å²) in [4.78, 5) is 12.0. The summed E-state index contributed by atoms with van der Waals surface area (Å²) in [7, 11) is 0. The third-order valence-electron chi connectivity index (χ3n) is 3.52. The second-order valence-corrected chi connectivity index (χ2v) is 6.08. The van der Waals surface area contributed by atoms with E-state index in [0.29, 0.717) is 13.0 Å². The van der Waals surface area contributed by atoms with Crippen LogP contribution in [0, 0.1) is 6.92 Å². The van der Waals surface area contributed by atoms with Crippen LogP contribution < -0.4 is 10.1 Å². The van der Waals surface area contributed by atoms with Crippen molar-refractivity contribution in [3.63, 3.8) is 0 Å². The number of hydrogen-bond acceptors (Lipinski definition) is 2. The van der Waals surface area contributed by atoms with Crippen molar-refractivity contribution < 1.29 is 9.53 Å². The Bertz CT molecular complexity index is 632. The first-order valence-electron chi connectivity index (χ1n) is 8.11. The quantitative estimate of drug-likeness (QED) is 0.838. The first-order valence-corrected chi connectivity index (χ1v) is 8.11. The maximum atomic E-state index is 12.0. The van der Waals surface area contributed by atoms with Crippen molar-refractivity contribution in [1.82, 2.24) is 5.32 Å². The van der Waals surface area contributed by atoms with Crippen LogP contribution in [0.2, 0.25) is 0 Å². The van der Waals surface area contributed by atoms with Crippen molar-refractivity contribution in [2.24, 2.45) is 0 Å². The van der Waals surface area contributed by atoms with Gasteiger partial charge >= 0.3 is 0 Å². The Labute approximate surface area is 138 Å². The molecule has 122 valence electrons. The van der Waals surface area contributed by atoms with Gasteiger partial charge in [-0.1, -0.05) is 42.0 Å². The molecule has 1 N–H and O–H groups in total. The molecule has 3 nitrogen and oxygen atoms in total. The highest BCUT2D eigenvalue weighted by Gasteiger charge is 2.04. The molecule has 0 aromatic heterocycles. The molecule has 0 aliphatic heterocycles. The van der Waals surface area contributed by atoms with Gasteiger partial charge in [-0.25, -0.2) is 0 Å². The Kier molecular flexibility index (Phi) is 6.21. The van der Waals surface area contributed by atoms with Gasteiger partial charge in [-0.3, -0.25) is 4.79 Å². The van der Waals surface area contributed by atoms with E-state index in [-0.39, 0.29) is 12.0 Å². The Morgan fingerprint density at radius 3 is 2.52 bits per heavy atom. The maximum absolute atomic E-state index is 12.0. The predicted molar refractivity (Wildman–Crippen MR) is 93.6 cm³/mol. The van der Waals surface area contributed by atoms with Gasteiger partial charge in [0.2, 0.25) is 5.91 Å². The number of hydrogen-bond donors (Lipinski definition) is 1. The zero-order chi connectivity index (χ0) is 16.7. The van der Waals surface area contributed by atoms with Crippen molar-refractivity contribution in [2.45, 2.75) is 46.3 Å². The van der Waals surface area contributed by atoms with Gasteiger partial charge in [-0.15, -0.1) is 0 Å². The average molecular weight is 311 g/mol. The zero-order valence-corrected chi connectivity index (χ0v) is 14.1. The van der Waals surface area contributed by atoms with Gasteiger partial charge in [0.25, 0.3) is 0 Å². The van der Waals surface area contributed by atoms with Crippen molar-refractivity contribution in [2.75, 3.05) is 0 Å². The summed E-state index contributed by atoms with van der Waals surface area (Å²) < 4.78 is 5.66. The van der Waals surface area contributed by atoms with Crippen LogP contribution in [-0.4, -0.2) is 12.0 Å². The van der Waals surface area contributed by atoms with Crippen LogP contribution in [0.4, 0.5) is 0 Å². The molecular formula is C20H25NO2. The molecule has 2 rings (SSSR count). The highest BCUT2D eigenvalue weighted by molar-refractivity contribution is 5.76. The second kappa shape index (κ2) is 8.37. The van der Waals surface area contributed by atoms with Crippen LogP contribution in [0.15, 0.2) is 48.5 Å². The van der Waals surface area contributed by atoms with E-state index in [1.165, 1.54) is 11.1 Å². The lowest BCUT2D eigenvalue weighted by Crippen LogP contribution is -2.23. The highest BCUT2D eigenvalue weighted by atomic mass is 16.5. The molecule has 23 heavy (non-hydrogen) atoms. The number of ether oxygens (including phenoxy) is 1. The van der Waals surface area contributed by atoms with Crippen LogP contribution in [0.5, 0.6) is 5.75 Å². The molecule has 0 radical (unpaired) electrons. The molecule has 3 heteroatoms. The number of carbonyl (C=O) groups excluding carboxylic acids is 1. The van der Waals surface area contributed by atoms with E-state index in [1.807, 2.05) is 38.1 Å². The SMILES string of the molecule is Cc1ccc(CCC(=O)NCc2cccc(OC(C)C)c2)cc1. The molecule has 0 bridgehead atoms. The van der Waals surface area contributed by atoms with Gasteiger partial charge in [-0.2, -0.15) is 0 Å². The fourth-order valence-electron chi connectivity index (χ4n) is 2.30. The number of carbonyl (C=O) groups is 1. The fourth-order valence-corrected chi connectivity index (χ4v) is 2.30. The lowest BCUT2D eigenvalue weighted by Gasteiger charge is -2.11. The summed E-state index contributed by atoms with van der Waals surface area (Å²) in [5.74, 6) is 0.909. The summed E-state index contributed by atoms with van der Waals surface area (Å²) >= 11 is 0. The molecule has 0 unspecified atom stereocenters. The molecule has 1 amide bonds. The largest absolute Gasteiger partial charge is 0.491 e. The van der Waals surface area contributed by atoms with Crippen LogP contribution in [-0.2, 0) is 17.8 Å². The minimum atomic E-state index is 0.0701. The van der Waals surface area contributed by atoms with Gasteiger partial charge in [0.05, 0.1) is 6.10 Å². The van der Waals surface area contributed by atoms with Crippen LogP contribution in [0.1, 0.15) is 37.0 Å². The van der Waals surface area contributed by atoms with E-state index >= 15 is 0 Å². The Hall–Kier alpha value is -2.29. The van der Waals surface area contributed by atoms with Crippen molar-refractivity contribution in [1.29, 1.82) is 0 Å². The average Bonchev–Trinajstić information content (AvgIpc) is 2.52. The lowest BCUT2D eigenvalue weighted by molar-refractivity contribution is -0.121. The summed E-state index contributed by atoms with van der Waals surface area (Å²) in [6.07, 6.45) is 1.42. The highest BCUT2D eigenvalue weighted by Crippen LogP contribution is 2.15. The molecule has 0 spiro atoms. The number of benzene rings is 2. The molecule has 2 aromatic carbocycles. The Balaban J connectivity index is 1.78. The topological polar surface area (TPSA) is 38.3 Å². The number of amides is 1. The van der Waals surface area contributed by atoms with Gasteiger partial charge in [-0.05, 0) is 50.5 Å². The third kappa shape index (κ3) is 6.15. The van der Waals surface area contributed by atoms with Crippen LogP contribution in [0.25, 0.3) is 0 Å². The van der Waals surface area contributed by atoms with E-state index in [9.17, 15) is 4.79 Å². The van der Waals surface area contributed by atoms with E-state index in [0.717, 1.165) is 17.7 Å². The maximum Gasteiger partial charge on any atom is 0.220 e. The van der Waals surface area contributed by atoms with Crippen LogP contribution >= 0.6 is 0 Å². The normalized spacial score (nSPS) is 10.6. The summed E-state index contributed by atoms with van der Waals surface area (Å²) in [5, 5.41) is 2.97. The van der Waals surface area contributed by atoms with Crippen molar-refractivity contribution >= 4 is 5.91 Å². The molecule has 0 atom stereocenters. The van der Waals surface area contributed by atoms with Gasteiger partial charge in [0.15, 0.2) is 0 Å². The van der Waals surface area contributed by atoms with Crippen LogP contribution in [0.3, 0.4) is 0 Å². The summed E-state index contributed by atoms with van der Waals surface area (Å²) in [6.45, 7) is 6.59. The number of nitrogens with one attached hydrogen (secondary N) is 1. The molecule has 0 aliphatic carbocycles. The molecule has 0 aliphatic rings. The smallest absolute Gasteiger partial charge is 0.220 e. The second-order valence-electron chi connectivity index (χ2n) is 6.08. The minimum Gasteiger partial charge on any atom is -0.491 e. The minimum absolute atomic E-state index is 0.0701. The molecule has 0 saturated heterocycles. The first-order chi connectivity index (χ1) is 11.0. The Morgan fingerprint density at radius 2 is 1.83 bits per heavy atom. The molecular weight excluding hydrogens is 286 g/mol. The van der Waals surface area contributed by atoms with E-state index in [4.69, 9.17) is 4.74 Å². The standard InChI is InChI=1S/C20H25NO2/c1-15(2)23-19-6-4-5-18(13-19)14-21-20(22)12-11-17-9-7-16(3)8-10-17/h4-10,13,15H,11-12,14H2,1-3H3,(H,21,22). The van der Waals surface area contributed by atoms with E-state index in [1.54, 1.807) is 0 Å². The predicted octanol–water partition coefficient (Wildman–Crippen LogP) is 4.03. The first kappa shape index (κ1) is 17.1. The lowest BCUT2D eigenvalue weighted by atomic mass is 10.1. The van der Waals surface area contributed by atoms with Gasteiger partial charge in [0, 0.05) is 13.0 Å². The number of rotatable bonds is 7. The molecule has 0 fully saturated rings. The molecule has 0 saturated carbocycles. The van der Waals surface area contributed by atoms with E-state index < -0.39 is 0 Å². The summed E-state index contributed by atoms with van der Waals surface area (Å²) in [5.41, 5.74) is 3.48. The Morgan fingerprint density at radius 1 is 1.09 bits per heavy atom. The van der Waals surface area contributed by atoms with E-state index in [2.05, 4.69) is 36.5 Å². The van der Waals surface area contributed by atoms with Gasteiger partial charge in [0.1, 0.15) is 5.75 Å². The zero-order valence-electron chi connectivity index (χ0n) is 14.1. The van der Waals surface area contributed by atoms with Crippen molar-refractivity contribution in [3.8, 4) is 5.75 Å². The summed E-state index contributed by atoms with van der Waals surface area (Å²) in [6, 6.07) is 16.2. The third-order valence-corrected chi connectivity index (χ3v) is 3.52. The van der Waals surface area contributed by atoms with Crippen molar-refractivity contribution in [3.05, 3.63) is 65.2 Å². The molecule has 2 aromatic rings. The molecule has 0 heterocycles.